The molecule has 2 aliphatic rings. The standard InChI is InChI=1S/C18H22N4O3/c19-18-20-13(11-17(21-18)22-7-9-23-10-8-22)5-6-14-12-24-15-3-1-2-4-16(15)25-14/h1-4,11,14H,5-10,12H2,(H2,19,20,21)/t14-/m0/s1. The Morgan fingerprint density at radius 3 is 2.76 bits per heavy atom. The van der Waals surface area contributed by atoms with Crippen molar-refractivity contribution in [3.8, 4) is 11.5 Å². The number of benzene rings is 1. The summed E-state index contributed by atoms with van der Waals surface area (Å²) in [6.07, 6.45) is 1.59. The van der Waals surface area contributed by atoms with E-state index in [4.69, 9.17) is 19.9 Å². The molecular formula is C18H22N4O3. The van der Waals surface area contributed by atoms with Crippen LogP contribution in [0.5, 0.6) is 11.5 Å². The van der Waals surface area contributed by atoms with Gasteiger partial charge < -0.3 is 24.8 Å². The zero-order valence-corrected chi connectivity index (χ0v) is 14.1. The van der Waals surface area contributed by atoms with Gasteiger partial charge in [0.25, 0.3) is 0 Å². The lowest BCUT2D eigenvalue weighted by molar-refractivity contribution is 0.0849. The first-order valence-corrected chi connectivity index (χ1v) is 8.62. The molecule has 2 aliphatic heterocycles. The second-order valence-corrected chi connectivity index (χ2v) is 6.21. The van der Waals surface area contributed by atoms with E-state index in [1.807, 2.05) is 30.3 Å². The van der Waals surface area contributed by atoms with Crippen molar-refractivity contribution in [2.75, 3.05) is 43.5 Å². The van der Waals surface area contributed by atoms with Crippen LogP contribution in [0, 0.1) is 0 Å². The van der Waals surface area contributed by atoms with Crippen LogP contribution in [-0.4, -0.2) is 49.0 Å². The molecular weight excluding hydrogens is 320 g/mol. The molecule has 0 unspecified atom stereocenters. The van der Waals surface area contributed by atoms with E-state index in [1.54, 1.807) is 0 Å². The lowest BCUT2D eigenvalue weighted by Gasteiger charge is -2.28. The fourth-order valence-electron chi connectivity index (χ4n) is 3.10. The van der Waals surface area contributed by atoms with Crippen LogP contribution in [0.15, 0.2) is 30.3 Å². The Morgan fingerprint density at radius 2 is 1.92 bits per heavy atom. The largest absolute Gasteiger partial charge is 0.486 e. The van der Waals surface area contributed by atoms with Crippen molar-refractivity contribution >= 4 is 11.8 Å². The number of hydrogen-bond donors (Lipinski definition) is 1. The minimum absolute atomic E-state index is 0.0120. The fraction of sp³-hybridized carbons (Fsp3) is 0.444. The summed E-state index contributed by atoms with van der Waals surface area (Å²) in [6, 6.07) is 9.76. The summed E-state index contributed by atoms with van der Waals surface area (Å²) in [7, 11) is 0. The number of nitrogens with two attached hydrogens (primary N) is 1. The van der Waals surface area contributed by atoms with Gasteiger partial charge in [0.05, 0.1) is 13.2 Å². The van der Waals surface area contributed by atoms with E-state index in [0.29, 0.717) is 25.8 Å². The van der Waals surface area contributed by atoms with Gasteiger partial charge in [0, 0.05) is 24.8 Å². The third-order valence-corrected chi connectivity index (χ3v) is 4.41. The summed E-state index contributed by atoms with van der Waals surface area (Å²) in [5, 5.41) is 0. The summed E-state index contributed by atoms with van der Waals surface area (Å²) in [5.41, 5.74) is 6.83. The molecule has 1 aromatic carbocycles. The Bertz CT molecular complexity index is 734. The van der Waals surface area contributed by atoms with Gasteiger partial charge in [-0.15, -0.1) is 0 Å². The highest BCUT2D eigenvalue weighted by Crippen LogP contribution is 2.31. The number of anilines is 2. The van der Waals surface area contributed by atoms with Crippen molar-refractivity contribution in [1.82, 2.24) is 9.97 Å². The van der Waals surface area contributed by atoms with Crippen molar-refractivity contribution in [3.63, 3.8) is 0 Å². The first-order valence-electron chi connectivity index (χ1n) is 8.62. The molecule has 1 atom stereocenters. The molecule has 1 fully saturated rings. The van der Waals surface area contributed by atoms with Crippen LogP contribution in [0.4, 0.5) is 11.8 Å². The number of aromatic nitrogens is 2. The molecule has 0 bridgehead atoms. The van der Waals surface area contributed by atoms with Crippen molar-refractivity contribution in [2.45, 2.75) is 18.9 Å². The molecule has 25 heavy (non-hydrogen) atoms. The number of rotatable bonds is 4. The summed E-state index contributed by atoms with van der Waals surface area (Å²) in [4.78, 5) is 10.9. The maximum atomic E-state index is 6.00. The molecule has 3 heterocycles. The lowest BCUT2D eigenvalue weighted by Crippen LogP contribution is -2.37. The van der Waals surface area contributed by atoms with Gasteiger partial charge in [-0.1, -0.05) is 12.1 Å². The second-order valence-electron chi connectivity index (χ2n) is 6.21. The SMILES string of the molecule is Nc1nc(CC[C@H]2COc3ccccc3O2)cc(N2CCOCC2)n1. The first kappa shape index (κ1) is 16.0. The monoisotopic (exact) mass is 342 g/mol. The molecule has 4 rings (SSSR count). The Hall–Kier alpha value is -2.54. The average molecular weight is 342 g/mol. The molecule has 1 aromatic heterocycles. The average Bonchev–Trinajstić information content (AvgIpc) is 2.66. The van der Waals surface area contributed by atoms with Crippen molar-refractivity contribution in [2.24, 2.45) is 0 Å². The number of aryl methyl sites for hydroxylation is 1. The van der Waals surface area contributed by atoms with E-state index in [1.165, 1.54) is 0 Å². The molecule has 0 amide bonds. The van der Waals surface area contributed by atoms with Gasteiger partial charge in [0.15, 0.2) is 11.5 Å². The van der Waals surface area contributed by atoms with Gasteiger partial charge in [-0.2, -0.15) is 4.98 Å². The van der Waals surface area contributed by atoms with E-state index in [-0.39, 0.29) is 6.10 Å². The Balaban J connectivity index is 1.40. The summed E-state index contributed by atoms with van der Waals surface area (Å²) >= 11 is 0. The minimum atomic E-state index is 0.0120. The minimum Gasteiger partial charge on any atom is -0.486 e. The van der Waals surface area contributed by atoms with E-state index >= 15 is 0 Å². The molecule has 132 valence electrons. The molecule has 7 nitrogen and oxygen atoms in total. The Labute approximate surface area is 146 Å². The van der Waals surface area contributed by atoms with Crippen LogP contribution in [0.3, 0.4) is 0 Å². The van der Waals surface area contributed by atoms with Gasteiger partial charge in [-0.3, -0.25) is 0 Å². The van der Waals surface area contributed by atoms with Crippen LogP contribution >= 0.6 is 0 Å². The molecule has 2 aromatic rings. The molecule has 0 saturated carbocycles. The number of nitrogen functional groups attached to an aromatic ring is 1. The Kier molecular flexibility index (Phi) is 4.56. The number of fused-ring (bicyclic) bond motifs is 1. The molecule has 2 N–H and O–H groups in total. The quantitative estimate of drug-likeness (QED) is 0.905. The fourth-order valence-corrected chi connectivity index (χ4v) is 3.10. The molecule has 1 saturated heterocycles. The maximum absolute atomic E-state index is 6.00. The van der Waals surface area contributed by atoms with Crippen LogP contribution < -0.4 is 20.1 Å². The van der Waals surface area contributed by atoms with E-state index in [0.717, 1.165) is 48.9 Å². The third kappa shape index (κ3) is 3.76. The number of morpholine rings is 1. The zero-order valence-electron chi connectivity index (χ0n) is 14.1. The van der Waals surface area contributed by atoms with Gasteiger partial charge in [-0.25, -0.2) is 4.98 Å². The van der Waals surface area contributed by atoms with E-state index < -0.39 is 0 Å². The number of hydrogen-bond acceptors (Lipinski definition) is 7. The second kappa shape index (κ2) is 7.14. The van der Waals surface area contributed by atoms with E-state index in [2.05, 4.69) is 14.9 Å². The van der Waals surface area contributed by atoms with Gasteiger partial charge in [0.1, 0.15) is 18.5 Å². The van der Waals surface area contributed by atoms with E-state index in [9.17, 15) is 0 Å². The number of nitrogens with zero attached hydrogens (tertiary/aromatic N) is 3. The summed E-state index contributed by atoms with van der Waals surface area (Å²) in [6.45, 7) is 3.63. The Morgan fingerprint density at radius 1 is 1.12 bits per heavy atom. The van der Waals surface area contributed by atoms with Gasteiger partial charge in [0.2, 0.25) is 5.95 Å². The smallest absolute Gasteiger partial charge is 0.222 e. The van der Waals surface area contributed by atoms with Crippen LogP contribution in [0.1, 0.15) is 12.1 Å². The first-order chi connectivity index (χ1) is 12.3. The normalized spacial score (nSPS) is 19.7. The van der Waals surface area contributed by atoms with Crippen LogP contribution in [-0.2, 0) is 11.2 Å². The van der Waals surface area contributed by atoms with Crippen molar-refractivity contribution < 1.29 is 14.2 Å². The lowest BCUT2D eigenvalue weighted by atomic mass is 10.1. The number of para-hydroxylation sites is 2. The highest BCUT2D eigenvalue weighted by atomic mass is 16.6. The molecule has 0 radical (unpaired) electrons. The predicted octanol–water partition coefficient (Wildman–Crippen LogP) is 1.67. The highest BCUT2D eigenvalue weighted by molar-refractivity contribution is 5.44. The topological polar surface area (TPSA) is 82.7 Å². The molecule has 0 aliphatic carbocycles. The predicted molar refractivity (Wildman–Crippen MR) is 94.2 cm³/mol. The summed E-state index contributed by atoms with van der Waals surface area (Å²) < 4.78 is 17.2. The van der Waals surface area contributed by atoms with Crippen LogP contribution in [0.2, 0.25) is 0 Å². The van der Waals surface area contributed by atoms with Crippen LogP contribution in [0.25, 0.3) is 0 Å². The van der Waals surface area contributed by atoms with Crippen molar-refractivity contribution in [3.05, 3.63) is 36.0 Å². The van der Waals surface area contributed by atoms with Gasteiger partial charge in [-0.05, 0) is 25.0 Å². The summed E-state index contributed by atoms with van der Waals surface area (Å²) in [5.74, 6) is 2.79. The zero-order chi connectivity index (χ0) is 17.1. The third-order valence-electron chi connectivity index (χ3n) is 4.41. The molecule has 0 spiro atoms. The maximum Gasteiger partial charge on any atom is 0.222 e. The highest BCUT2D eigenvalue weighted by Gasteiger charge is 2.21. The van der Waals surface area contributed by atoms with Crippen molar-refractivity contribution in [1.29, 1.82) is 0 Å². The molecule has 7 heteroatoms. The number of ether oxygens (including phenoxy) is 3. The van der Waals surface area contributed by atoms with Gasteiger partial charge >= 0.3 is 0 Å².